The molecule has 0 radical (unpaired) electrons. The van der Waals surface area contributed by atoms with Crippen molar-refractivity contribution in [2.75, 3.05) is 24.6 Å². The average molecular weight is 546 g/mol. The monoisotopic (exact) mass is 545 g/mol. The van der Waals surface area contributed by atoms with Crippen LogP contribution in [0, 0.1) is 17.7 Å². The van der Waals surface area contributed by atoms with Crippen LogP contribution >= 0.6 is 0 Å². The zero-order chi connectivity index (χ0) is 27.6. The molecule has 1 aromatic heterocycles. The van der Waals surface area contributed by atoms with Gasteiger partial charge in [0.15, 0.2) is 5.82 Å². The highest BCUT2D eigenvalue weighted by atomic mass is 28.4. The smallest absolute Gasteiger partial charge is 0.309 e. The fourth-order valence-corrected chi connectivity index (χ4v) is 10.1. The van der Waals surface area contributed by atoms with E-state index in [-0.39, 0.29) is 23.6 Å². The van der Waals surface area contributed by atoms with Crippen LogP contribution in [0.4, 0.5) is 10.2 Å². The van der Waals surface area contributed by atoms with Crippen molar-refractivity contribution in [2.24, 2.45) is 11.8 Å². The van der Waals surface area contributed by atoms with Gasteiger partial charge in [-0.05, 0) is 53.2 Å². The number of esters is 1. The van der Waals surface area contributed by atoms with E-state index in [9.17, 15) is 14.0 Å². The zero-order valence-electron chi connectivity index (χ0n) is 22.7. The number of aromatic nitrogens is 2. The van der Waals surface area contributed by atoms with E-state index >= 15 is 0 Å². The molecule has 1 aliphatic rings. The molecular weight excluding hydrogens is 509 g/mol. The van der Waals surface area contributed by atoms with Crippen LogP contribution in [0.2, 0.25) is 5.04 Å². The number of piperidine rings is 1. The number of carbonyl (C=O) groups is 1. The number of fused-ring (bicyclic) bond motifs is 1. The van der Waals surface area contributed by atoms with Gasteiger partial charge in [0.1, 0.15) is 5.82 Å². The average Bonchev–Trinajstić information content (AvgIpc) is 3.39. The number of rotatable bonds is 8. The summed E-state index contributed by atoms with van der Waals surface area (Å²) in [6.45, 7) is 7.44. The number of nitrogens with zero attached hydrogens (tertiary/aromatic N) is 2. The normalized spacial score (nSPS) is 18.3. The molecule has 6 nitrogen and oxygen atoms in total. The van der Waals surface area contributed by atoms with Crippen molar-refractivity contribution in [3.8, 4) is 0 Å². The van der Waals surface area contributed by atoms with Gasteiger partial charge in [-0.1, -0.05) is 80.6 Å². The van der Waals surface area contributed by atoms with E-state index in [1.807, 2.05) is 73.7 Å². The number of hydrogen-bond acceptors (Lipinski definition) is 5. The first-order chi connectivity index (χ1) is 18.8. The molecule has 0 unspecified atom stereocenters. The molecule has 204 valence electrons. The first-order valence-electron chi connectivity index (χ1n) is 13.6. The van der Waals surface area contributed by atoms with Gasteiger partial charge in [-0.15, -0.1) is 0 Å². The van der Waals surface area contributed by atoms with Gasteiger partial charge in [-0.2, -0.15) is 5.10 Å². The van der Waals surface area contributed by atoms with Crippen LogP contribution in [0.5, 0.6) is 0 Å². The third-order valence-corrected chi connectivity index (χ3v) is 12.8. The summed E-state index contributed by atoms with van der Waals surface area (Å²) in [7, 11) is -3.29. The minimum Gasteiger partial charge on any atom is -0.466 e. The van der Waals surface area contributed by atoms with Crippen LogP contribution in [-0.4, -0.2) is 49.0 Å². The van der Waals surface area contributed by atoms with E-state index in [1.54, 1.807) is 6.07 Å². The second-order valence-electron chi connectivity index (χ2n) is 11.1. The molecule has 2 atom stereocenters. The molecular formula is C31H36FN3O3Si. The largest absolute Gasteiger partial charge is 0.466 e. The molecule has 0 amide bonds. The quantitative estimate of drug-likeness (QED) is 0.249. The highest BCUT2D eigenvalue weighted by Gasteiger charge is 2.52. The number of aromatic amines is 1. The van der Waals surface area contributed by atoms with E-state index in [1.165, 1.54) is 6.07 Å². The number of carbonyl (C=O) groups excluding carboxylic acids is 1. The molecule has 4 aromatic rings. The van der Waals surface area contributed by atoms with Crippen molar-refractivity contribution < 1.29 is 18.7 Å². The summed E-state index contributed by atoms with van der Waals surface area (Å²) < 4.78 is 20.4. The Labute approximate surface area is 229 Å². The summed E-state index contributed by atoms with van der Waals surface area (Å²) >= 11 is 0. The third kappa shape index (κ3) is 4.99. The molecule has 2 heterocycles. The number of H-pyrrole nitrogens is 1. The number of anilines is 1. The Kier molecular flexibility index (Phi) is 7.60. The van der Waals surface area contributed by atoms with Crippen LogP contribution in [-0.2, 0) is 9.53 Å². The molecule has 0 aliphatic carbocycles. The van der Waals surface area contributed by atoms with E-state index < -0.39 is 13.4 Å². The third-order valence-electron chi connectivity index (χ3n) is 8.28. The van der Waals surface area contributed by atoms with Crippen molar-refractivity contribution in [3.63, 3.8) is 0 Å². The predicted octanol–water partition coefficient (Wildman–Crippen LogP) is 4.63. The summed E-state index contributed by atoms with van der Waals surface area (Å²) in [5, 5.41) is 9.20. The number of benzene rings is 3. The van der Waals surface area contributed by atoms with Crippen molar-refractivity contribution >= 4 is 41.4 Å². The fraction of sp³-hybridized carbons (Fsp3) is 0.355. The maximum absolute atomic E-state index is 14.9. The lowest BCUT2D eigenvalue weighted by Gasteiger charge is -2.46. The van der Waals surface area contributed by atoms with Gasteiger partial charge in [0.2, 0.25) is 0 Å². The van der Waals surface area contributed by atoms with E-state index in [4.69, 9.17) is 4.74 Å². The van der Waals surface area contributed by atoms with Crippen molar-refractivity contribution in [1.29, 1.82) is 0 Å². The molecule has 39 heavy (non-hydrogen) atoms. The Bertz CT molecular complexity index is 1390. The number of halogens is 1. The molecule has 2 N–H and O–H groups in total. The lowest BCUT2D eigenvalue weighted by Crippen LogP contribution is -2.66. The molecule has 3 aromatic carbocycles. The summed E-state index contributed by atoms with van der Waals surface area (Å²) in [4.78, 5) is 28.0. The van der Waals surface area contributed by atoms with E-state index in [2.05, 4.69) is 28.9 Å². The lowest BCUT2D eigenvalue weighted by atomic mass is 9.80. The summed E-state index contributed by atoms with van der Waals surface area (Å²) in [5.41, 5.74) is 0.643. The van der Waals surface area contributed by atoms with Crippen LogP contribution in [0.1, 0.15) is 33.6 Å². The van der Waals surface area contributed by atoms with Gasteiger partial charge in [0.05, 0.1) is 23.4 Å². The minimum atomic E-state index is -3.29. The van der Waals surface area contributed by atoms with Gasteiger partial charge in [0.25, 0.3) is 8.32 Å². The summed E-state index contributed by atoms with van der Waals surface area (Å²) in [6.07, 6.45) is 1.16. The highest BCUT2D eigenvalue weighted by Crippen LogP contribution is 2.45. The second kappa shape index (κ2) is 10.9. The van der Waals surface area contributed by atoms with Gasteiger partial charge in [-0.25, -0.2) is 4.39 Å². The molecule has 1 aliphatic heterocycles. The Balaban J connectivity index is 1.53. The van der Waals surface area contributed by atoms with Crippen molar-refractivity contribution in [2.45, 2.75) is 38.7 Å². The molecule has 8 heteroatoms. The maximum Gasteiger partial charge on any atom is 0.309 e. The van der Waals surface area contributed by atoms with E-state index in [0.717, 1.165) is 10.4 Å². The Morgan fingerprint density at radius 2 is 1.72 bits per heavy atom. The predicted molar refractivity (Wildman–Crippen MR) is 155 cm³/mol. The van der Waals surface area contributed by atoms with E-state index in [0.29, 0.717) is 49.3 Å². The Morgan fingerprint density at radius 1 is 1.08 bits per heavy atom. The number of nitrogens with one attached hydrogen (secondary N) is 1. The maximum atomic E-state index is 14.9. The zero-order valence-corrected chi connectivity index (χ0v) is 23.7. The molecule has 1 fully saturated rings. The lowest BCUT2D eigenvalue weighted by molar-refractivity contribution is -0.150. The molecule has 0 saturated carbocycles. The first kappa shape index (κ1) is 27.1. The standard InChI is InChI=1S/C31H36FN3O3Si/c1-4-38-30(36)25-18-19-35(29-28-26(32)16-11-17-27(28)33-34-29)21-22(25)20-31(2,3)39(37,23-12-7-5-8-13-23)24-14-9-6-10-15-24/h5-17,22,25,37H,4,18-21H2,1-3H3,(H,33,34)/t22-,25-/m1/s1. The summed E-state index contributed by atoms with van der Waals surface area (Å²) in [5.74, 6) is -0.416. The first-order valence-corrected chi connectivity index (χ1v) is 15.6. The van der Waals surface area contributed by atoms with Crippen molar-refractivity contribution in [3.05, 3.63) is 84.7 Å². The van der Waals surface area contributed by atoms with Gasteiger partial charge in [0, 0.05) is 13.1 Å². The van der Waals surface area contributed by atoms with Crippen LogP contribution < -0.4 is 15.3 Å². The Morgan fingerprint density at radius 3 is 2.33 bits per heavy atom. The highest BCUT2D eigenvalue weighted by molar-refractivity contribution is 6.98. The SMILES string of the molecule is CCOC(=O)[C@@H]1CCN(c2n[nH]c3cccc(F)c23)C[C@H]1CC(C)(C)[Si](O)(c1ccccc1)c1ccccc1. The molecule has 0 spiro atoms. The minimum absolute atomic E-state index is 0.127. The fourth-order valence-electron chi connectivity index (χ4n) is 6.34. The van der Waals surface area contributed by atoms with Gasteiger partial charge in [-0.3, -0.25) is 9.89 Å². The van der Waals surface area contributed by atoms with Gasteiger partial charge >= 0.3 is 5.97 Å². The molecule has 0 bridgehead atoms. The number of ether oxygens (including phenoxy) is 1. The van der Waals surface area contributed by atoms with Crippen molar-refractivity contribution in [1.82, 2.24) is 10.2 Å². The topological polar surface area (TPSA) is 78.5 Å². The Hall–Kier alpha value is -3.49. The number of hydrogen-bond donors (Lipinski definition) is 2. The second-order valence-corrected chi connectivity index (χ2v) is 15.0. The summed E-state index contributed by atoms with van der Waals surface area (Å²) in [6, 6.07) is 24.7. The van der Waals surface area contributed by atoms with Gasteiger partial charge < -0.3 is 14.4 Å². The van der Waals surface area contributed by atoms with Crippen LogP contribution in [0.25, 0.3) is 10.9 Å². The van der Waals surface area contributed by atoms with Crippen LogP contribution in [0.3, 0.4) is 0 Å². The van der Waals surface area contributed by atoms with Crippen LogP contribution in [0.15, 0.2) is 78.9 Å². The molecule has 5 rings (SSSR count). The molecule has 1 saturated heterocycles.